The number of ether oxygens (including phenoxy) is 1. The summed E-state index contributed by atoms with van der Waals surface area (Å²) in [7, 11) is -2.77. The van der Waals surface area contributed by atoms with Crippen LogP contribution in [0.5, 0.6) is 5.75 Å². The second kappa shape index (κ2) is 6.38. The predicted octanol–water partition coefficient (Wildman–Crippen LogP) is -2.13. The number of benzene rings is 1. The van der Waals surface area contributed by atoms with E-state index in [1.807, 2.05) is 0 Å². The number of rotatable bonds is 7. The molecule has 1 aromatic carbocycles. The number of hydrogen-bond acceptors (Lipinski definition) is 7. The third-order valence-corrected chi connectivity index (χ3v) is 4.54. The summed E-state index contributed by atoms with van der Waals surface area (Å²) in [6.07, 6.45) is -1.14. The molecule has 20 heavy (non-hydrogen) atoms. The van der Waals surface area contributed by atoms with E-state index in [0.717, 1.165) is 0 Å². The zero-order chi connectivity index (χ0) is 15.3. The number of carboxylic acid groups (broad SMARTS) is 2. The highest BCUT2D eigenvalue weighted by Gasteiger charge is 2.27. The third-order valence-electron chi connectivity index (χ3n) is 2.58. The van der Waals surface area contributed by atoms with Crippen molar-refractivity contribution < 1.29 is 33.0 Å². The lowest BCUT2D eigenvalue weighted by Gasteiger charge is -2.19. The van der Waals surface area contributed by atoms with Crippen molar-refractivity contribution in [3.63, 3.8) is 0 Å². The van der Waals surface area contributed by atoms with Gasteiger partial charge in [-0.3, -0.25) is 0 Å². The molecular weight excluding hydrogens is 288 g/mol. The molecule has 0 heterocycles. The third kappa shape index (κ3) is 4.23. The Kier molecular flexibility index (Phi) is 5.09. The summed E-state index contributed by atoms with van der Waals surface area (Å²) in [6.45, 7) is 0. The molecule has 0 radical (unpaired) electrons. The van der Waals surface area contributed by atoms with Gasteiger partial charge >= 0.3 is 0 Å². The van der Waals surface area contributed by atoms with Gasteiger partial charge in [0.05, 0.1) is 18.8 Å². The largest absolute Gasteiger partial charge is 0.550 e. The highest BCUT2D eigenvalue weighted by molar-refractivity contribution is 7.92. The van der Waals surface area contributed by atoms with Crippen LogP contribution in [-0.4, -0.2) is 32.7 Å². The van der Waals surface area contributed by atoms with Gasteiger partial charge in [-0.05, 0) is 17.7 Å². The van der Waals surface area contributed by atoms with Crippen LogP contribution in [0.4, 0.5) is 0 Å². The maximum atomic E-state index is 11.9. The lowest BCUT2D eigenvalue weighted by Crippen LogP contribution is -2.45. The lowest BCUT2D eigenvalue weighted by molar-refractivity contribution is -0.314. The first-order valence-corrected chi connectivity index (χ1v) is 7.23. The molecule has 1 rings (SSSR count). The highest BCUT2D eigenvalue weighted by atomic mass is 32.2. The standard InChI is InChI=1S/C12H14O7S/c1-19-9-4-2-8(3-5-9)7-20(17,18)10(12(15)16)6-11(13)14/h2-5,10H,6-7H2,1H3,(H,13,14)(H,15,16)/p-2/t10-/m1/s1. The molecule has 1 aromatic rings. The molecule has 0 aromatic heterocycles. The number of hydrogen-bond donors (Lipinski definition) is 0. The van der Waals surface area contributed by atoms with Crippen molar-refractivity contribution in [3.05, 3.63) is 29.8 Å². The molecule has 0 spiro atoms. The summed E-state index contributed by atoms with van der Waals surface area (Å²) in [4.78, 5) is 21.2. The fourth-order valence-corrected chi connectivity index (χ4v) is 3.10. The molecule has 8 heteroatoms. The lowest BCUT2D eigenvalue weighted by atomic mass is 10.2. The average molecular weight is 300 g/mol. The first-order valence-electron chi connectivity index (χ1n) is 5.51. The van der Waals surface area contributed by atoms with E-state index >= 15 is 0 Å². The summed E-state index contributed by atoms with van der Waals surface area (Å²) in [6, 6.07) is 5.92. The van der Waals surface area contributed by atoms with Crippen LogP contribution in [0.1, 0.15) is 12.0 Å². The molecule has 0 aliphatic heterocycles. The van der Waals surface area contributed by atoms with Crippen LogP contribution in [0.25, 0.3) is 0 Å². The van der Waals surface area contributed by atoms with Crippen molar-refractivity contribution in [3.8, 4) is 5.75 Å². The van der Waals surface area contributed by atoms with Crippen LogP contribution in [0.2, 0.25) is 0 Å². The van der Waals surface area contributed by atoms with Crippen molar-refractivity contribution in [2.45, 2.75) is 17.4 Å². The topological polar surface area (TPSA) is 124 Å². The Morgan fingerprint density at radius 1 is 1.20 bits per heavy atom. The highest BCUT2D eigenvalue weighted by Crippen LogP contribution is 2.17. The van der Waals surface area contributed by atoms with E-state index in [0.29, 0.717) is 11.3 Å². The van der Waals surface area contributed by atoms with Crippen molar-refractivity contribution in [2.24, 2.45) is 0 Å². The first-order chi connectivity index (χ1) is 9.26. The van der Waals surface area contributed by atoms with E-state index in [1.165, 1.54) is 31.4 Å². The summed E-state index contributed by atoms with van der Waals surface area (Å²) in [5, 5.41) is 19.1. The summed E-state index contributed by atoms with van der Waals surface area (Å²) in [5.41, 5.74) is 0.315. The van der Waals surface area contributed by atoms with Crippen LogP contribution < -0.4 is 14.9 Å². The Labute approximate surface area is 115 Å². The number of aliphatic carboxylic acids is 2. The van der Waals surface area contributed by atoms with Gasteiger partial charge in [-0.1, -0.05) is 12.1 Å². The van der Waals surface area contributed by atoms with E-state index in [-0.39, 0.29) is 0 Å². The summed E-state index contributed by atoms with van der Waals surface area (Å²) < 4.78 is 28.7. The second-order valence-electron chi connectivity index (χ2n) is 4.04. The monoisotopic (exact) mass is 300 g/mol. The van der Waals surface area contributed by atoms with Crippen molar-refractivity contribution in [1.82, 2.24) is 0 Å². The zero-order valence-corrected chi connectivity index (χ0v) is 11.4. The quantitative estimate of drug-likeness (QED) is 0.563. The fraction of sp³-hybridized carbons (Fsp3) is 0.333. The summed E-state index contributed by atoms with van der Waals surface area (Å²) >= 11 is 0. The smallest absolute Gasteiger partial charge is 0.163 e. The molecule has 0 aliphatic rings. The van der Waals surface area contributed by atoms with Gasteiger partial charge in [0.25, 0.3) is 0 Å². The minimum atomic E-state index is -4.21. The molecule has 1 atom stereocenters. The van der Waals surface area contributed by atoms with Gasteiger partial charge in [0.15, 0.2) is 9.84 Å². The predicted molar refractivity (Wildman–Crippen MR) is 64.0 cm³/mol. The van der Waals surface area contributed by atoms with Crippen molar-refractivity contribution in [1.29, 1.82) is 0 Å². The first kappa shape index (κ1) is 16.0. The molecule has 0 saturated heterocycles. The molecule has 0 aliphatic carbocycles. The van der Waals surface area contributed by atoms with E-state index < -0.39 is 39.2 Å². The molecule has 0 bridgehead atoms. The molecule has 0 amide bonds. The number of carbonyl (C=O) groups excluding carboxylic acids is 2. The van der Waals surface area contributed by atoms with E-state index in [4.69, 9.17) is 4.74 Å². The molecular formula is C12H12O7S-2. The number of carboxylic acids is 2. The Balaban J connectivity index is 2.96. The molecule has 0 fully saturated rings. The fourth-order valence-electron chi connectivity index (χ4n) is 1.56. The molecule has 0 unspecified atom stereocenters. The minimum absolute atomic E-state index is 0.315. The second-order valence-corrected chi connectivity index (χ2v) is 6.22. The summed E-state index contributed by atoms with van der Waals surface area (Å²) in [5.74, 6) is -3.82. The average Bonchev–Trinajstić information content (AvgIpc) is 2.35. The zero-order valence-electron chi connectivity index (χ0n) is 10.6. The molecule has 0 N–H and O–H groups in total. The van der Waals surface area contributed by atoms with Crippen molar-refractivity contribution in [2.75, 3.05) is 7.11 Å². The van der Waals surface area contributed by atoms with Crippen molar-refractivity contribution >= 4 is 21.8 Å². The Morgan fingerprint density at radius 2 is 1.75 bits per heavy atom. The Morgan fingerprint density at radius 3 is 2.15 bits per heavy atom. The van der Waals surface area contributed by atoms with E-state index in [1.54, 1.807) is 0 Å². The van der Waals surface area contributed by atoms with Gasteiger partial charge in [0.1, 0.15) is 11.0 Å². The Bertz CT molecular complexity index is 589. The van der Waals surface area contributed by atoms with Gasteiger partial charge in [0, 0.05) is 12.4 Å². The normalized spacial score (nSPS) is 12.7. The number of sulfone groups is 1. The molecule has 0 saturated carbocycles. The maximum absolute atomic E-state index is 11.9. The van der Waals surface area contributed by atoms with Gasteiger partial charge in [-0.25, -0.2) is 8.42 Å². The Hall–Kier alpha value is -2.09. The number of methoxy groups -OCH3 is 1. The molecule has 7 nitrogen and oxygen atoms in total. The number of carbonyl (C=O) groups is 2. The van der Waals surface area contributed by atoms with Crippen LogP contribution in [0.3, 0.4) is 0 Å². The van der Waals surface area contributed by atoms with Gasteiger partial charge in [0.2, 0.25) is 0 Å². The van der Waals surface area contributed by atoms with Crippen LogP contribution in [0.15, 0.2) is 24.3 Å². The SMILES string of the molecule is COc1ccc(CS(=O)(=O)[C@H](CC(=O)[O-])C(=O)[O-])cc1. The minimum Gasteiger partial charge on any atom is -0.550 e. The van der Waals surface area contributed by atoms with E-state index in [9.17, 15) is 28.2 Å². The van der Waals surface area contributed by atoms with Gasteiger partial charge in [-0.15, -0.1) is 0 Å². The van der Waals surface area contributed by atoms with Gasteiger partial charge in [-0.2, -0.15) is 0 Å². The van der Waals surface area contributed by atoms with Gasteiger partial charge < -0.3 is 24.5 Å². The maximum Gasteiger partial charge on any atom is 0.163 e. The van der Waals surface area contributed by atoms with Crippen LogP contribution >= 0.6 is 0 Å². The van der Waals surface area contributed by atoms with Crippen LogP contribution in [0, 0.1) is 0 Å². The van der Waals surface area contributed by atoms with E-state index in [2.05, 4.69) is 0 Å². The van der Waals surface area contributed by atoms with Crippen LogP contribution in [-0.2, 0) is 25.2 Å². The molecule has 110 valence electrons.